The van der Waals surface area contributed by atoms with Crippen molar-refractivity contribution in [1.29, 1.82) is 0 Å². The molecule has 0 bridgehead atoms. The van der Waals surface area contributed by atoms with Gasteiger partial charge in [-0.1, -0.05) is 62.1 Å². The van der Waals surface area contributed by atoms with Gasteiger partial charge in [0.2, 0.25) is 11.8 Å². The number of aryl methyl sites for hydroxylation is 1. The molecule has 36 heavy (non-hydrogen) atoms. The number of ether oxygens (including phenoxy) is 1. The molecule has 2 N–H and O–H groups in total. The Morgan fingerprint density at radius 1 is 1.14 bits per heavy atom. The van der Waals surface area contributed by atoms with Crippen LogP contribution >= 0.6 is 11.6 Å². The van der Waals surface area contributed by atoms with Crippen molar-refractivity contribution in [3.63, 3.8) is 0 Å². The van der Waals surface area contributed by atoms with Crippen LogP contribution in [0, 0.1) is 30.6 Å². The molecule has 1 aliphatic carbocycles. The summed E-state index contributed by atoms with van der Waals surface area (Å²) in [6.07, 6.45) is 8.74. The van der Waals surface area contributed by atoms with E-state index in [0.717, 1.165) is 31.2 Å². The van der Waals surface area contributed by atoms with Gasteiger partial charge in [-0.25, -0.2) is 0 Å². The zero-order valence-electron chi connectivity index (χ0n) is 21.5. The number of nitrogens with zero attached hydrogens (tertiary/aromatic N) is 1. The fourth-order valence-electron chi connectivity index (χ4n) is 5.64. The zero-order chi connectivity index (χ0) is 26.2. The lowest BCUT2D eigenvalue weighted by Gasteiger charge is -2.33. The minimum absolute atomic E-state index is 0.0988. The number of esters is 1. The SMILES string of the molecule is CCC[C@@H]1C=C[C@H]2[C@@H](C(=O)N(CCCCCCO)[C@@H]2C(=O)Nc2c(C)cccc2Cl)[C@@H]1C(=O)OCC. The first-order valence-electron chi connectivity index (χ1n) is 13.2. The summed E-state index contributed by atoms with van der Waals surface area (Å²) < 4.78 is 5.41. The number of likely N-dealkylation sites (tertiary alicyclic amines) is 1. The van der Waals surface area contributed by atoms with Gasteiger partial charge < -0.3 is 20.1 Å². The molecule has 1 aliphatic heterocycles. The molecule has 198 valence electrons. The third kappa shape index (κ3) is 6.12. The maximum atomic E-state index is 13.9. The van der Waals surface area contributed by atoms with E-state index >= 15 is 0 Å². The Kier molecular flexibility index (Phi) is 10.4. The van der Waals surface area contributed by atoms with Crippen LogP contribution in [0.2, 0.25) is 5.02 Å². The van der Waals surface area contributed by atoms with Crippen molar-refractivity contribution in [1.82, 2.24) is 4.90 Å². The summed E-state index contributed by atoms with van der Waals surface area (Å²) in [6.45, 7) is 6.49. The van der Waals surface area contributed by atoms with Gasteiger partial charge in [0, 0.05) is 19.1 Å². The Morgan fingerprint density at radius 2 is 1.89 bits per heavy atom. The van der Waals surface area contributed by atoms with Crippen LogP contribution in [0.5, 0.6) is 0 Å². The first-order chi connectivity index (χ1) is 17.3. The summed E-state index contributed by atoms with van der Waals surface area (Å²) in [5, 5.41) is 12.5. The van der Waals surface area contributed by atoms with E-state index in [1.54, 1.807) is 17.9 Å². The van der Waals surface area contributed by atoms with Gasteiger partial charge in [0.1, 0.15) is 6.04 Å². The maximum Gasteiger partial charge on any atom is 0.310 e. The van der Waals surface area contributed by atoms with E-state index < -0.39 is 23.8 Å². The smallest absolute Gasteiger partial charge is 0.310 e. The lowest BCUT2D eigenvalue weighted by molar-refractivity contribution is -0.155. The predicted octanol–water partition coefficient (Wildman–Crippen LogP) is 4.75. The van der Waals surface area contributed by atoms with Crippen LogP contribution < -0.4 is 5.32 Å². The van der Waals surface area contributed by atoms with Crippen molar-refractivity contribution in [2.45, 2.75) is 65.3 Å². The van der Waals surface area contributed by atoms with Crippen molar-refractivity contribution in [2.75, 3.05) is 25.1 Å². The van der Waals surface area contributed by atoms with Crippen LogP contribution in [-0.4, -0.2) is 53.6 Å². The van der Waals surface area contributed by atoms with Crippen molar-refractivity contribution >= 4 is 35.1 Å². The van der Waals surface area contributed by atoms with Crippen LogP contribution in [-0.2, 0) is 19.1 Å². The van der Waals surface area contributed by atoms with Gasteiger partial charge in [0.25, 0.3) is 0 Å². The highest BCUT2D eigenvalue weighted by molar-refractivity contribution is 6.34. The molecule has 1 heterocycles. The number of amides is 2. The fraction of sp³-hybridized carbons (Fsp3) is 0.607. The second kappa shape index (κ2) is 13.2. The fourth-order valence-corrected chi connectivity index (χ4v) is 5.91. The van der Waals surface area contributed by atoms with E-state index in [0.29, 0.717) is 30.1 Å². The number of benzene rings is 1. The normalized spacial score (nSPS) is 25.1. The molecule has 0 radical (unpaired) electrons. The largest absolute Gasteiger partial charge is 0.466 e. The van der Waals surface area contributed by atoms with Gasteiger partial charge in [-0.2, -0.15) is 0 Å². The number of aliphatic hydroxyl groups excluding tert-OH is 1. The molecule has 5 atom stereocenters. The Bertz CT molecular complexity index is 945. The number of allylic oxidation sites excluding steroid dienone is 1. The van der Waals surface area contributed by atoms with E-state index in [9.17, 15) is 14.4 Å². The van der Waals surface area contributed by atoms with Crippen molar-refractivity contribution in [3.05, 3.63) is 40.9 Å². The summed E-state index contributed by atoms with van der Waals surface area (Å²) in [7, 11) is 0. The average Bonchev–Trinajstić information content (AvgIpc) is 3.13. The first-order valence-corrected chi connectivity index (χ1v) is 13.6. The molecule has 1 fully saturated rings. The van der Waals surface area contributed by atoms with E-state index in [2.05, 4.69) is 12.2 Å². The monoisotopic (exact) mass is 518 g/mol. The lowest BCUT2D eigenvalue weighted by atomic mass is 9.69. The van der Waals surface area contributed by atoms with Gasteiger partial charge in [0.15, 0.2) is 0 Å². The van der Waals surface area contributed by atoms with Crippen LogP contribution in [0.15, 0.2) is 30.4 Å². The molecular weight excluding hydrogens is 480 g/mol. The zero-order valence-corrected chi connectivity index (χ0v) is 22.3. The van der Waals surface area contributed by atoms with Gasteiger partial charge in [-0.05, 0) is 50.7 Å². The summed E-state index contributed by atoms with van der Waals surface area (Å²) in [5.41, 5.74) is 1.37. The molecule has 0 saturated carbocycles. The van der Waals surface area contributed by atoms with Gasteiger partial charge in [-0.3, -0.25) is 14.4 Å². The van der Waals surface area contributed by atoms with Crippen LogP contribution in [0.3, 0.4) is 0 Å². The highest BCUT2D eigenvalue weighted by Crippen LogP contribution is 2.46. The van der Waals surface area contributed by atoms with Crippen LogP contribution in [0.1, 0.15) is 57.9 Å². The van der Waals surface area contributed by atoms with Gasteiger partial charge >= 0.3 is 5.97 Å². The molecular formula is C28H39ClN2O5. The van der Waals surface area contributed by atoms with Crippen molar-refractivity contribution in [2.24, 2.45) is 23.7 Å². The number of hydrogen-bond donors (Lipinski definition) is 2. The topological polar surface area (TPSA) is 95.9 Å². The number of unbranched alkanes of at least 4 members (excludes halogenated alkanes) is 3. The molecule has 2 amide bonds. The Hall–Kier alpha value is -2.38. The van der Waals surface area contributed by atoms with Gasteiger partial charge in [0.05, 0.1) is 29.2 Å². The highest BCUT2D eigenvalue weighted by Gasteiger charge is 2.57. The highest BCUT2D eigenvalue weighted by atomic mass is 35.5. The molecule has 7 nitrogen and oxygen atoms in total. The van der Waals surface area contributed by atoms with Crippen molar-refractivity contribution in [3.8, 4) is 0 Å². The Balaban J connectivity index is 1.94. The third-order valence-electron chi connectivity index (χ3n) is 7.34. The number of para-hydroxylation sites is 1. The first kappa shape index (κ1) is 28.2. The number of fused-ring (bicyclic) bond motifs is 1. The van der Waals surface area contributed by atoms with Crippen LogP contribution in [0.25, 0.3) is 0 Å². The molecule has 2 aliphatic rings. The van der Waals surface area contributed by atoms with E-state index in [-0.39, 0.29) is 36.9 Å². The number of halogens is 1. The second-order valence-corrected chi connectivity index (χ2v) is 10.2. The molecule has 1 saturated heterocycles. The summed E-state index contributed by atoms with van der Waals surface area (Å²) in [4.78, 5) is 42.3. The molecule has 1 aromatic rings. The number of anilines is 1. The van der Waals surface area contributed by atoms with E-state index in [1.807, 2.05) is 31.2 Å². The minimum Gasteiger partial charge on any atom is -0.466 e. The number of aliphatic hydroxyl groups is 1. The molecule has 0 spiro atoms. The van der Waals surface area contributed by atoms with Gasteiger partial charge in [-0.15, -0.1) is 0 Å². The Labute approximate surface area is 219 Å². The predicted molar refractivity (Wildman–Crippen MR) is 141 cm³/mol. The molecule has 3 rings (SSSR count). The maximum absolute atomic E-state index is 13.9. The standard InChI is InChI=1S/C28H39ClN2O5/c1-4-11-19-14-15-20-23(22(19)28(35)36-5-2)27(34)31(16-8-6-7-9-17-32)25(20)26(33)30-24-18(3)12-10-13-21(24)29/h10,12-15,19-20,22-23,25,32H,4-9,11,16-17H2,1-3H3,(H,30,33)/t19-,20+,22-,23-,25+/m1/s1. The van der Waals surface area contributed by atoms with Crippen LogP contribution in [0.4, 0.5) is 5.69 Å². The summed E-state index contributed by atoms with van der Waals surface area (Å²) in [6, 6.07) is 4.67. The number of carbonyl (C=O) groups is 3. The second-order valence-electron chi connectivity index (χ2n) is 9.75. The molecule has 0 unspecified atom stereocenters. The van der Waals surface area contributed by atoms with E-state index in [4.69, 9.17) is 21.4 Å². The summed E-state index contributed by atoms with van der Waals surface area (Å²) in [5.74, 6) is -2.60. The number of hydrogen-bond acceptors (Lipinski definition) is 5. The Morgan fingerprint density at radius 3 is 2.56 bits per heavy atom. The number of carbonyl (C=O) groups excluding carboxylic acids is 3. The minimum atomic E-state index is -0.744. The average molecular weight is 519 g/mol. The lowest BCUT2D eigenvalue weighted by Crippen LogP contribution is -2.44. The molecule has 8 heteroatoms. The van der Waals surface area contributed by atoms with Crippen molar-refractivity contribution < 1.29 is 24.2 Å². The third-order valence-corrected chi connectivity index (χ3v) is 7.65. The van der Waals surface area contributed by atoms with E-state index in [1.165, 1.54) is 0 Å². The number of rotatable bonds is 12. The number of nitrogens with one attached hydrogen (secondary N) is 1. The molecule has 1 aromatic carbocycles. The quantitative estimate of drug-likeness (QED) is 0.236. The summed E-state index contributed by atoms with van der Waals surface area (Å²) >= 11 is 6.38. The molecule has 0 aromatic heterocycles.